The van der Waals surface area contributed by atoms with E-state index in [-0.39, 0.29) is 5.72 Å². The van der Waals surface area contributed by atoms with E-state index in [1.165, 1.54) is 16.8 Å². The Morgan fingerprint density at radius 2 is 2.08 bits per heavy atom. The molecule has 25 heavy (non-hydrogen) atoms. The summed E-state index contributed by atoms with van der Waals surface area (Å²) in [6.45, 7) is 2.18. The fourth-order valence-corrected chi connectivity index (χ4v) is 4.28. The third-order valence-corrected chi connectivity index (χ3v) is 5.76. The van der Waals surface area contributed by atoms with Gasteiger partial charge in [0.15, 0.2) is 5.72 Å². The largest absolute Gasteiger partial charge is 0.497 e. The predicted molar refractivity (Wildman–Crippen MR) is 98.6 cm³/mol. The third kappa shape index (κ3) is 1.91. The minimum atomic E-state index is -0.364. The Morgan fingerprint density at radius 3 is 2.92 bits per heavy atom. The Kier molecular flexibility index (Phi) is 2.85. The zero-order valence-electron chi connectivity index (χ0n) is 14.6. The van der Waals surface area contributed by atoms with Crippen molar-refractivity contribution in [3.63, 3.8) is 0 Å². The summed E-state index contributed by atoms with van der Waals surface area (Å²) in [6.07, 6.45) is 4.65. The van der Waals surface area contributed by atoms with Crippen molar-refractivity contribution in [2.75, 3.05) is 19.1 Å². The molecule has 2 atom stereocenters. The molecule has 3 heterocycles. The second-order valence-electron chi connectivity index (χ2n) is 7.10. The minimum Gasteiger partial charge on any atom is -0.497 e. The van der Waals surface area contributed by atoms with Crippen LogP contribution in [0.3, 0.4) is 0 Å². The van der Waals surface area contributed by atoms with Gasteiger partial charge in [0, 0.05) is 53.8 Å². The number of pyridine rings is 1. The molecule has 2 unspecified atom stereocenters. The van der Waals surface area contributed by atoms with Gasteiger partial charge in [0.05, 0.1) is 7.11 Å². The van der Waals surface area contributed by atoms with Crippen LogP contribution in [-0.4, -0.2) is 24.9 Å². The Balaban J connectivity index is 1.81. The van der Waals surface area contributed by atoms with Crippen LogP contribution in [0.25, 0.3) is 10.8 Å². The van der Waals surface area contributed by atoms with E-state index < -0.39 is 0 Å². The second kappa shape index (κ2) is 4.88. The van der Waals surface area contributed by atoms with E-state index in [9.17, 15) is 0 Å². The SMILES string of the molecule is COc1ccc2c(c1)C1CC(C)(Oc3c1ccc1cnccc31)N2C. The quantitative estimate of drug-likeness (QED) is 0.664. The van der Waals surface area contributed by atoms with Crippen LogP contribution in [0.4, 0.5) is 5.69 Å². The van der Waals surface area contributed by atoms with Crippen molar-refractivity contribution in [2.45, 2.75) is 25.0 Å². The summed E-state index contributed by atoms with van der Waals surface area (Å²) in [5, 5.41) is 2.24. The summed E-state index contributed by atoms with van der Waals surface area (Å²) in [6, 6.07) is 12.7. The van der Waals surface area contributed by atoms with Gasteiger partial charge in [-0.3, -0.25) is 4.98 Å². The van der Waals surface area contributed by atoms with Crippen LogP contribution in [0.2, 0.25) is 0 Å². The van der Waals surface area contributed by atoms with Crippen LogP contribution in [-0.2, 0) is 0 Å². The van der Waals surface area contributed by atoms with E-state index in [2.05, 4.69) is 48.1 Å². The molecule has 0 fully saturated rings. The van der Waals surface area contributed by atoms with Gasteiger partial charge in [-0.2, -0.15) is 0 Å². The highest BCUT2D eigenvalue weighted by atomic mass is 16.5. The molecule has 2 aliphatic rings. The molecule has 2 aliphatic heterocycles. The first kappa shape index (κ1) is 14.6. The van der Waals surface area contributed by atoms with Gasteiger partial charge in [-0.25, -0.2) is 0 Å². The van der Waals surface area contributed by atoms with Gasteiger partial charge in [0.1, 0.15) is 11.5 Å². The van der Waals surface area contributed by atoms with Crippen LogP contribution in [0, 0.1) is 0 Å². The van der Waals surface area contributed by atoms with Crippen molar-refractivity contribution in [3.8, 4) is 11.5 Å². The predicted octanol–water partition coefficient (Wildman–Crippen LogP) is 4.32. The van der Waals surface area contributed by atoms with E-state index in [1.807, 2.05) is 24.5 Å². The Bertz CT molecular complexity index is 1000. The lowest BCUT2D eigenvalue weighted by atomic mass is 9.77. The Hall–Kier alpha value is -2.75. The van der Waals surface area contributed by atoms with E-state index in [1.54, 1.807) is 7.11 Å². The molecule has 126 valence electrons. The molecule has 4 nitrogen and oxygen atoms in total. The summed E-state index contributed by atoms with van der Waals surface area (Å²) in [7, 11) is 3.83. The first-order valence-corrected chi connectivity index (χ1v) is 8.58. The fraction of sp³-hybridized carbons (Fsp3) is 0.286. The molecule has 0 radical (unpaired) electrons. The zero-order valence-corrected chi connectivity index (χ0v) is 14.6. The first-order valence-electron chi connectivity index (χ1n) is 8.58. The smallest absolute Gasteiger partial charge is 0.180 e. The lowest BCUT2D eigenvalue weighted by molar-refractivity contribution is 0.0548. The normalized spacial score (nSPS) is 23.6. The van der Waals surface area contributed by atoms with Crippen LogP contribution in [0.1, 0.15) is 30.4 Å². The molecule has 1 aromatic heterocycles. The number of methoxy groups -OCH3 is 1. The standard InChI is InChI=1S/C21H20N2O2/c1-21-11-18(17-10-14(24-3)5-7-19(17)23(21)2)16-6-4-13-12-22-9-8-15(13)20(16)25-21/h4-10,12,18H,11H2,1-3H3. The van der Waals surface area contributed by atoms with Gasteiger partial charge in [0.25, 0.3) is 0 Å². The number of rotatable bonds is 1. The monoisotopic (exact) mass is 332 g/mol. The van der Waals surface area contributed by atoms with Gasteiger partial charge in [-0.15, -0.1) is 0 Å². The molecule has 0 saturated carbocycles. The number of hydrogen-bond donors (Lipinski definition) is 0. The van der Waals surface area contributed by atoms with Crippen molar-refractivity contribution in [2.24, 2.45) is 0 Å². The summed E-state index contributed by atoms with van der Waals surface area (Å²) in [5.41, 5.74) is 3.40. The second-order valence-corrected chi connectivity index (χ2v) is 7.10. The number of anilines is 1. The summed E-state index contributed by atoms with van der Waals surface area (Å²) < 4.78 is 12.1. The van der Waals surface area contributed by atoms with Gasteiger partial charge in [-0.1, -0.05) is 12.1 Å². The highest BCUT2D eigenvalue weighted by Gasteiger charge is 2.47. The third-order valence-electron chi connectivity index (χ3n) is 5.76. The molecule has 5 rings (SSSR count). The maximum Gasteiger partial charge on any atom is 0.180 e. The van der Waals surface area contributed by atoms with E-state index in [0.717, 1.165) is 28.7 Å². The van der Waals surface area contributed by atoms with Gasteiger partial charge in [0.2, 0.25) is 0 Å². The van der Waals surface area contributed by atoms with E-state index >= 15 is 0 Å². The van der Waals surface area contributed by atoms with Crippen LogP contribution in [0.15, 0.2) is 48.8 Å². The maximum absolute atomic E-state index is 6.60. The molecule has 0 spiro atoms. The summed E-state index contributed by atoms with van der Waals surface area (Å²) >= 11 is 0. The minimum absolute atomic E-state index is 0.299. The number of nitrogens with zero attached hydrogens (tertiary/aromatic N) is 2. The lowest BCUT2D eigenvalue weighted by Crippen LogP contribution is -2.55. The molecule has 0 saturated heterocycles. The Labute approximate surface area is 147 Å². The highest BCUT2D eigenvalue weighted by molar-refractivity contribution is 5.90. The summed E-state index contributed by atoms with van der Waals surface area (Å²) in [4.78, 5) is 6.49. The Morgan fingerprint density at radius 1 is 1.20 bits per heavy atom. The summed E-state index contributed by atoms with van der Waals surface area (Å²) in [5.74, 6) is 2.18. The first-order chi connectivity index (χ1) is 12.1. The lowest BCUT2D eigenvalue weighted by Gasteiger charge is -2.51. The molecule has 3 aromatic rings. The van der Waals surface area contributed by atoms with Crippen LogP contribution < -0.4 is 14.4 Å². The van der Waals surface area contributed by atoms with Gasteiger partial charge < -0.3 is 14.4 Å². The van der Waals surface area contributed by atoms with Gasteiger partial charge >= 0.3 is 0 Å². The topological polar surface area (TPSA) is 34.6 Å². The molecule has 0 N–H and O–H groups in total. The van der Waals surface area contributed by atoms with Crippen LogP contribution >= 0.6 is 0 Å². The van der Waals surface area contributed by atoms with Crippen LogP contribution in [0.5, 0.6) is 11.5 Å². The highest BCUT2D eigenvalue weighted by Crippen LogP contribution is 2.54. The van der Waals surface area contributed by atoms with Crippen molar-refractivity contribution in [1.82, 2.24) is 4.98 Å². The molecule has 2 aromatic carbocycles. The molecular formula is C21H20N2O2. The van der Waals surface area contributed by atoms with Crippen molar-refractivity contribution in [3.05, 3.63) is 59.9 Å². The number of aromatic nitrogens is 1. The number of hydrogen-bond acceptors (Lipinski definition) is 4. The molecule has 0 aliphatic carbocycles. The van der Waals surface area contributed by atoms with E-state index in [0.29, 0.717) is 5.92 Å². The molecule has 0 amide bonds. The maximum atomic E-state index is 6.60. The average molecular weight is 332 g/mol. The fourth-order valence-electron chi connectivity index (χ4n) is 4.28. The van der Waals surface area contributed by atoms with E-state index in [4.69, 9.17) is 9.47 Å². The average Bonchev–Trinajstić information content (AvgIpc) is 2.65. The van der Waals surface area contributed by atoms with Crippen molar-refractivity contribution < 1.29 is 9.47 Å². The van der Waals surface area contributed by atoms with Crippen molar-refractivity contribution >= 4 is 16.5 Å². The number of benzene rings is 2. The molecule has 4 heteroatoms. The van der Waals surface area contributed by atoms with Gasteiger partial charge in [-0.05, 0) is 36.8 Å². The zero-order chi connectivity index (χ0) is 17.2. The molecule has 2 bridgehead atoms. The molecular weight excluding hydrogens is 312 g/mol. The number of ether oxygens (including phenoxy) is 2. The van der Waals surface area contributed by atoms with Crippen molar-refractivity contribution in [1.29, 1.82) is 0 Å². The number of fused-ring (bicyclic) bond motifs is 8.